The highest BCUT2D eigenvalue weighted by molar-refractivity contribution is 5.41. The minimum Gasteiger partial charge on any atom is -0.490 e. The summed E-state index contributed by atoms with van der Waals surface area (Å²) in [5, 5.41) is 0. The van der Waals surface area contributed by atoms with Crippen LogP contribution in [0.5, 0.6) is 5.75 Å². The van der Waals surface area contributed by atoms with Gasteiger partial charge >= 0.3 is 0 Å². The summed E-state index contributed by atoms with van der Waals surface area (Å²) in [7, 11) is 0. The van der Waals surface area contributed by atoms with Crippen molar-refractivity contribution in [2.45, 2.75) is 25.4 Å². The van der Waals surface area contributed by atoms with Crippen molar-refractivity contribution >= 4 is 0 Å². The third-order valence-electron chi connectivity index (χ3n) is 3.04. The van der Waals surface area contributed by atoms with Crippen molar-refractivity contribution in [3.63, 3.8) is 0 Å². The molecule has 0 saturated carbocycles. The zero-order valence-electron chi connectivity index (χ0n) is 9.18. The molecular formula is C13H14N2O. The minimum absolute atomic E-state index is 0.241. The van der Waals surface area contributed by atoms with Crippen molar-refractivity contribution in [3.8, 4) is 5.75 Å². The van der Waals surface area contributed by atoms with Gasteiger partial charge < -0.3 is 9.72 Å². The Morgan fingerprint density at radius 2 is 2.25 bits per heavy atom. The Balaban J connectivity index is 2.07. The molecule has 3 nitrogen and oxygen atoms in total. The Morgan fingerprint density at radius 1 is 1.38 bits per heavy atom. The third-order valence-corrected chi connectivity index (χ3v) is 3.04. The molecule has 1 aliphatic heterocycles. The van der Waals surface area contributed by atoms with E-state index in [0.29, 0.717) is 5.92 Å². The number of nitrogens with one attached hydrogen (secondary N) is 1. The number of para-hydroxylation sites is 1. The van der Waals surface area contributed by atoms with Crippen molar-refractivity contribution < 1.29 is 4.74 Å². The van der Waals surface area contributed by atoms with Crippen LogP contribution >= 0.6 is 0 Å². The Labute approximate surface area is 94.5 Å². The van der Waals surface area contributed by atoms with Crippen LogP contribution < -0.4 is 4.74 Å². The van der Waals surface area contributed by atoms with E-state index in [4.69, 9.17) is 4.74 Å². The third kappa shape index (κ3) is 1.48. The van der Waals surface area contributed by atoms with Gasteiger partial charge in [0.1, 0.15) is 11.6 Å². The van der Waals surface area contributed by atoms with Crippen LogP contribution in [0.2, 0.25) is 0 Å². The first-order chi connectivity index (χ1) is 7.84. The lowest BCUT2D eigenvalue weighted by Crippen LogP contribution is -2.23. The molecule has 2 aromatic rings. The number of ether oxygens (including phenoxy) is 1. The second kappa shape index (κ2) is 3.67. The van der Waals surface area contributed by atoms with Gasteiger partial charge in [-0.1, -0.05) is 18.2 Å². The zero-order chi connectivity index (χ0) is 11.0. The summed E-state index contributed by atoms with van der Waals surface area (Å²) < 4.78 is 5.82. The van der Waals surface area contributed by atoms with Gasteiger partial charge in [0.05, 0.1) is 6.10 Å². The molecule has 1 aliphatic rings. The maximum absolute atomic E-state index is 5.82. The largest absolute Gasteiger partial charge is 0.490 e. The Kier molecular flexibility index (Phi) is 2.17. The maximum atomic E-state index is 5.82. The van der Waals surface area contributed by atoms with Gasteiger partial charge in [0.2, 0.25) is 0 Å². The number of fused-ring (bicyclic) bond motifs is 1. The first-order valence-corrected chi connectivity index (χ1v) is 5.59. The summed E-state index contributed by atoms with van der Waals surface area (Å²) in [5.41, 5.74) is 1.23. The number of H-pyrrole nitrogens is 1. The number of rotatable bonds is 1. The van der Waals surface area contributed by atoms with Crippen LogP contribution in [0, 0.1) is 0 Å². The number of aromatic nitrogens is 2. The summed E-state index contributed by atoms with van der Waals surface area (Å²) in [4.78, 5) is 7.56. The highest BCUT2D eigenvalue weighted by Gasteiger charge is 2.28. The molecule has 0 spiro atoms. The average Bonchev–Trinajstić information content (AvgIpc) is 2.81. The van der Waals surface area contributed by atoms with Crippen LogP contribution in [0.4, 0.5) is 0 Å². The van der Waals surface area contributed by atoms with E-state index in [0.717, 1.165) is 18.0 Å². The molecule has 1 aromatic carbocycles. The SMILES string of the molecule is CC1CC(c2ncc[nH]2)c2ccccc2O1. The highest BCUT2D eigenvalue weighted by Crippen LogP contribution is 2.38. The Hall–Kier alpha value is -1.77. The molecule has 0 bridgehead atoms. The van der Waals surface area contributed by atoms with Crippen LogP contribution in [0.3, 0.4) is 0 Å². The topological polar surface area (TPSA) is 37.9 Å². The Morgan fingerprint density at radius 3 is 3.06 bits per heavy atom. The monoisotopic (exact) mass is 214 g/mol. The van der Waals surface area contributed by atoms with Crippen molar-refractivity contribution in [1.82, 2.24) is 9.97 Å². The maximum Gasteiger partial charge on any atom is 0.123 e. The number of hydrogen-bond donors (Lipinski definition) is 1. The number of hydrogen-bond acceptors (Lipinski definition) is 2. The number of imidazole rings is 1. The van der Waals surface area contributed by atoms with Gasteiger partial charge in [-0.2, -0.15) is 0 Å². The van der Waals surface area contributed by atoms with Crippen LogP contribution in [0.25, 0.3) is 0 Å². The molecule has 1 aromatic heterocycles. The van der Waals surface area contributed by atoms with Crippen LogP contribution in [0.1, 0.15) is 30.7 Å². The van der Waals surface area contributed by atoms with E-state index in [1.807, 2.05) is 24.4 Å². The van der Waals surface area contributed by atoms with E-state index in [-0.39, 0.29) is 6.10 Å². The predicted molar refractivity (Wildman–Crippen MR) is 61.6 cm³/mol. The summed E-state index contributed by atoms with van der Waals surface area (Å²) in [6.07, 6.45) is 4.89. The van der Waals surface area contributed by atoms with Crippen molar-refractivity contribution in [2.75, 3.05) is 0 Å². The standard InChI is InChI=1S/C13H14N2O/c1-9-8-11(13-14-6-7-15-13)10-4-2-3-5-12(10)16-9/h2-7,9,11H,8H2,1H3,(H,14,15). The normalized spacial score (nSPS) is 23.6. The van der Waals surface area contributed by atoms with E-state index >= 15 is 0 Å². The van der Waals surface area contributed by atoms with Gasteiger partial charge in [0.15, 0.2) is 0 Å². The smallest absolute Gasteiger partial charge is 0.123 e. The molecule has 2 heterocycles. The number of aromatic amines is 1. The van der Waals surface area contributed by atoms with Crippen molar-refractivity contribution in [2.24, 2.45) is 0 Å². The van der Waals surface area contributed by atoms with E-state index in [9.17, 15) is 0 Å². The van der Waals surface area contributed by atoms with E-state index < -0.39 is 0 Å². The second-order valence-electron chi connectivity index (χ2n) is 4.23. The molecule has 1 N–H and O–H groups in total. The molecule has 0 amide bonds. The first-order valence-electron chi connectivity index (χ1n) is 5.59. The molecule has 3 heteroatoms. The molecule has 2 atom stereocenters. The highest BCUT2D eigenvalue weighted by atomic mass is 16.5. The molecular weight excluding hydrogens is 200 g/mol. The lowest BCUT2D eigenvalue weighted by Gasteiger charge is -2.29. The van der Waals surface area contributed by atoms with E-state index in [2.05, 4.69) is 23.0 Å². The van der Waals surface area contributed by atoms with Crippen molar-refractivity contribution in [3.05, 3.63) is 48.0 Å². The summed E-state index contributed by atoms with van der Waals surface area (Å²) in [5.74, 6) is 2.35. The number of nitrogens with zero attached hydrogens (tertiary/aromatic N) is 1. The fraction of sp³-hybridized carbons (Fsp3) is 0.308. The summed E-state index contributed by atoms with van der Waals surface area (Å²) in [6, 6.07) is 8.21. The number of benzene rings is 1. The van der Waals surface area contributed by atoms with Gasteiger partial charge in [0, 0.05) is 23.9 Å². The summed E-state index contributed by atoms with van der Waals surface area (Å²) in [6.45, 7) is 2.10. The van der Waals surface area contributed by atoms with Crippen LogP contribution in [-0.4, -0.2) is 16.1 Å². The zero-order valence-corrected chi connectivity index (χ0v) is 9.18. The fourth-order valence-electron chi connectivity index (χ4n) is 2.33. The van der Waals surface area contributed by atoms with Gasteiger partial charge in [0.25, 0.3) is 0 Å². The lowest BCUT2D eigenvalue weighted by atomic mass is 9.89. The molecule has 0 saturated heterocycles. The molecule has 3 rings (SSSR count). The molecule has 2 unspecified atom stereocenters. The van der Waals surface area contributed by atoms with Crippen LogP contribution in [0.15, 0.2) is 36.7 Å². The molecule has 0 fully saturated rings. The minimum atomic E-state index is 0.241. The van der Waals surface area contributed by atoms with Gasteiger partial charge in [-0.25, -0.2) is 4.98 Å². The van der Waals surface area contributed by atoms with Gasteiger partial charge in [-0.15, -0.1) is 0 Å². The summed E-state index contributed by atoms with van der Waals surface area (Å²) >= 11 is 0. The first kappa shape index (κ1) is 9.46. The molecule has 16 heavy (non-hydrogen) atoms. The van der Waals surface area contributed by atoms with Crippen molar-refractivity contribution in [1.29, 1.82) is 0 Å². The van der Waals surface area contributed by atoms with E-state index in [1.165, 1.54) is 5.56 Å². The average molecular weight is 214 g/mol. The van der Waals surface area contributed by atoms with Gasteiger partial charge in [-0.3, -0.25) is 0 Å². The fourth-order valence-corrected chi connectivity index (χ4v) is 2.33. The molecule has 0 radical (unpaired) electrons. The lowest BCUT2D eigenvalue weighted by molar-refractivity contribution is 0.181. The van der Waals surface area contributed by atoms with Crippen LogP contribution in [-0.2, 0) is 0 Å². The predicted octanol–water partition coefficient (Wildman–Crippen LogP) is 2.71. The Bertz CT molecular complexity index is 478. The second-order valence-corrected chi connectivity index (χ2v) is 4.23. The quantitative estimate of drug-likeness (QED) is 0.792. The molecule has 82 valence electrons. The van der Waals surface area contributed by atoms with E-state index in [1.54, 1.807) is 6.20 Å². The molecule has 0 aliphatic carbocycles. The van der Waals surface area contributed by atoms with Gasteiger partial charge in [-0.05, 0) is 19.4 Å².